The zero-order chi connectivity index (χ0) is 13.3. The first-order valence-corrected chi connectivity index (χ1v) is 6.48. The molecule has 1 aliphatic carbocycles. The van der Waals surface area contributed by atoms with Gasteiger partial charge < -0.3 is 15.8 Å². The second-order valence-electron chi connectivity index (χ2n) is 5.67. The molecule has 1 heterocycles. The molecular weight excluding hydrogens is 232 g/mol. The van der Waals surface area contributed by atoms with Crippen molar-refractivity contribution in [3.63, 3.8) is 0 Å². The molecule has 0 bridgehead atoms. The summed E-state index contributed by atoms with van der Waals surface area (Å²) >= 11 is 0. The minimum atomic E-state index is -0.934. The Morgan fingerprint density at radius 3 is 2.28 bits per heavy atom. The van der Waals surface area contributed by atoms with Crippen molar-refractivity contribution in [1.29, 1.82) is 0 Å². The highest BCUT2D eigenvalue weighted by Crippen LogP contribution is 2.28. The van der Waals surface area contributed by atoms with Crippen LogP contribution in [0, 0.1) is 5.41 Å². The molecule has 3 N–H and O–H groups in total. The van der Waals surface area contributed by atoms with Crippen molar-refractivity contribution in [2.45, 2.75) is 32.7 Å². The Morgan fingerprint density at radius 2 is 1.83 bits per heavy atom. The van der Waals surface area contributed by atoms with E-state index in [-0.39, 0.29) is 11.7 Å². The van der Waals surface area contributed by atoms with Gasteiger partial charge in [-0.3, -0.25) is 9.69 Å². The van der Waals surface area contributed by atoms with Gasteiger partial charge in [-0.2, -0.15) is 0 Å². The van der Waals surface area contributed by atoms with Crippen LogP contribution >= 0.6 is 0 Å². The van der Waals surface area contributed by atoms with E-state index < -0.39 is 5.41 Å². The molecule has 0 unspecified atom stereocenters. The van der Waals surface area contributed by atoms with Crippen LogP contribution in [0.25, 0.3) is 0 Å². The zero-order valence-corrected chi connectivity index (χ0v) is 11.1. The molecule has 0 atom stereocenters. The normalized spacial score (nSPS) is 23.2. The number of nitrogens with zero attached hydrogens (tertiary/aromatic N) is 3. The van der Waals surface area contributed by atoms with Crippen molar-refractivity contribution in [1.82, 2.24) is 9.80 Å². The number of oxime groups is 1. The summed E-state index contributed by atoms with van der Waals surface area (Å²) in [7, 11) is 0. The number of carbonyl (C=O) groups excluding carboxylic acids is 1. The Morgan fingerprint density at radius 1 is 1.28 bits per heavy atom. The van der Waals surface area contributed by atoms with E-state index in [1.807, 2.05) is 4.90 Å². The van der Waals surface area contributed by atoms with Crippen LogP contribution in [-0.4, -0.2) is 59.0 Å². The number of hydrogen-bond donors (Lipinski definition) is 2. The Kier molecular flexibility index (Phi) is 3.47. The molecule has 2 rings (SSSR count). The molecule has 2 fully saturated rings. The third-order valence-corrected chi connectivity index (χ3v) is 3.95. The zero-order valence-electron chi connectivity index (χ0n) is 11.1. The number of nitrogens with two attached hydrogens (primary N) is 1. The summed E-state index contributed by atoms with van der Waals surface area (Å²) in [6.45, 7) is 6.72. The van der Waals surface area contributed by atoms with E-state index in [0.29, 0.717) is 0 Å². The van der Waals surface area contributed by atoms with Crippen molar-refractivity contribution >= 4 is 11.7 Å². The van der Waals surface area contributed by atoms with Crippen LogP contribution in [-0.2, 0) is 4.79 Å². The highest BCUT2D eigenvalue weighted by molar-refractivity contribution is 6.05. The van der Waals surface area contributed by atoms with E-state index in [1.165, 1.54) is 12.8 Å². The smallest absolute Gasteiger partial charge is 0.236 e. The minimum Gasteiger partial charge on any atom is -0.409 e. The average molecular weight is 254 g/mol. The number of amides is 1. The van der Waals surface area contributed by atoms with Gasteiger partial charge in [0.25, 0.3) is 0 Å². The molecule has 6 heteroatoms. The fourth-order valence-electron chi connectivity index (χ4n) is 2.36. The highest BCUT2D eigenvalue weighted by atomic mass is 16.4. The predicted molar refractivity (Wildman–Crippen MR) is 68.4 cm³/mol. The molecule has 0 aromatic heterocycles. The summed E-state index contributed by atoms with van der Waals surface area (Å²) < 4.78 is 0. The number of hydrogen-bond acceptors (Lipinski definition) is 4. The fraction of sp³-hybridized carbons (Fsp3) is 0.833. The largest absolute Gasteiger partial charge is 0.409 e. The lowest BCUT2D eigenvalue weighted by atomic mass is 9.90. The van der Waals surface area contributed by atoms with Gasteiger partial charge in [0.15, 0.2) is 5.84 Å². The predicted octanol–water partition coefficient (Wildman–Crippen LogP) is 0.0656. The van der Waals surface area contributed by atoms with Crippen LogP contribution in [0.15, 0.2) is 5.16 Å². The summed E-state index contributed by atoms with van der Waals surface area (Å²) in [6.07, 6.45) is 2.59. The van der Waals surface area contributed by atoms with E-state index in [9.17, 15) is 4.79 Å². The molecule has 0 aromatic rings. The van der Waals surface area contributed by atoms with Gasteiger partial charge in [-0.25, -0.2) is 0 Å². The maximum Gasteiger partial charge on any atom is 0.236 e. The topological polar surface area (TPSA) is 82.2 Å². The van der Waals surface area contributed by atoms with Crippen molar-refractivity contribution in [2.24, 2.45) is 16.3 Å². The summed E-state index contributed by atoms with van der Waals surface area (Å²) in [4.78, 5) is 16.6. The van der Waals surface area contributed by atoms with Crippen molar-refractivity contribution in [3.8, 4) is 0 Å². The van der Waals surface area contributed by atoms with E-state index >= 15 is 0 Å². The van der Waals surface area contributed by atoms with Gasteiger partial charge in [-0.15, -0.1) is 0 Å². The molecule has 1 saturated carbocycles. The molecule has 2 aliphatic rings. The van der Waals surface area contributed by atoms with Crippen LogP contribution < -0.4 is 5.73 Å². The first kappa shape index (κ1) is 13.1. The van der Waals surface area contributed by atoms with Gasteiger partial charge in [-0.1, -0.05) is 5.16 Å². The molecular formula is C12H22N4O2. The lowest BCUT2D eigenvalue weighted by molar-refractivity contribution is -0.139. The first-order chi connectivity index (χ1) is 8.46. The molecule has 18 heavy (non-hydrogen) atoms. The molecule has 102 valence electrons. The van der Waals surface area contributed by atoms with Gasteiger partial charge >= 0.3 is 0 Å². The van der Waals surface area contributed by atoms with Crippen LogP contribution in [0.3, 0.4) is 0 Å². The van der Waals surface area contributed by atoms with Crippen molar-refractivity contribution in [3.05, 3.63) is 0 Å². The van der Waals surface area contributed by atoms with Gasteiger partial charge in [0.05, 0.1) is 0 Å². The van der Waals surface area contributed by atoms with Crippen molar-refractivity contribution in [2.75, 3.05) is 26.2 Å². The maximum absolute atomic E-state index is 12.3. The van der Waals surface area contributed by atoms with Gasteiger partial charge in [0.2, 0.25) is 5.91 Å². The van der Waals surface area contributed by atoms with E-state index in [2.05, 4.69) is 10.1 Å². The van der Waals surface area contributed by atoms with Crippen LogP contribution in [0.1, 0.15) is 26.7 Å². The standard InChI is InChI=1S/C12H22N4O2/c1-12(2,10(13)14-18)11(17)16-7-5-15(6-8-16)9-3-4-9/h9,18H,3-8H2,1-2H3,(H2,13,14). The number of rotatable bonds is 3. The van der Waals surface area contributed by atoms with E-state index in [0.717, 1.165) is 32.2 Å². The van der Waals surface area contributed by atoms with Crippen LogP contribution in [0.5, 0.6) is 0 Å². The molecule has 1 saturated heterocycles. The highest BCUT2D eigenvalue weighted by Gasteiger charge is 2.39. The molecule has 1 amide bonds. The second-order valence-corrected chi connectivity index (χ2v) is 5.67. The third-order valence-electron chi connectivity index (χ3n) is 3.95. The number of carbonyl (C=O) groups is 1. The Balaban J connectivity index is 1.94. The number of piperazine rings is 1. The van der Waals surface area contributed by atoms with Gasteiger partial charge in [0, 0.05) is 32.2 Å². The molecule has 1 aliphatic heterocycles. The summed E-state index contributed by atoms with van der Waals surface area (Å²) in [5.74, 6) is -0.0923. The molecule has 0 aromatic carbocycles. The average Bonchev–Trinajstić information content (AvgIpc) is 3.21. The van der Waals surface area contributed by atoms with Crippen molar-refractivity contribution < 1.29 is 10.0 Å². The quantitative estimate of drug-likeness (QED) is 0.323. The van der Waals surface area contributed by atoms with Gasteiger partial charge in [-0.05, 0) is 26.7 Å². The lowest BCUT2D eigenvalue weighted by Crippen LogP contribution is -2.55. The Labute approximate surface area is 107 Å². The van der Waals surface area contributed by atoms with Crippen LogP contribution in [0.2, 0.25) is 0 Å². The van der Waals surface area contributed by atoms with Crippen LogP contribution in [0.4, 0.5) is 0 Å². The fourth-order valence-corrected chi connectivity index (χ4v) is 2.36. The maximum atomic E-state index is 12.3. The summed E-state index contributed by atoms with van der Waals surface area (Å²) in [5.41, 5.74) is 4.65. The third kappa shape index (κ3) is 2.43. The van der Waals surface area contributed by atoms with Gasteiger partial charge in [0.1, 0.15) is 5.41 Å². The molecule has 6 nitrogen and oxygen atoms in total. The SMILES string of the molecule is CC(C)(C(=O)N1CCN(C2CC2)CC1)C(N)=NO. The monoisotopic (exact) mass is 254 g/mol. The summed E-state index contributed by atoms with van der Waals surface area (Å²) in [5, 5.41) is 11.7. The van der Waals surface area contributed by atoms with E-state index in [1.54, 1.807) is 13.8 Å². The minimum absolute atomic E-state index is 0.0304. The second kappa shape index (κ2) is 4.76. The summed E-state index contributed by atoms with van der Waals surface area (Å²) in [6, 6.07) is 0.749. The lowest BCUT2D eigenvalue weighted by Gasteiger charge is -2.38. The molecule has 0 radical (unpaired) electrons. The molecule has 0 spiro atoms. The van der Waals surface area contributed by atoms with E-state index in [4.69, 9.17) is 10.9 Å². The Hall–Kier alpha value is -1.30. The number of amidine groups is 1. The Bertz CT molecular complexity index is 355. The first-order valence-electron chi connectivity index (χ1n) is 6.48.